The van der Waals surface area contributed by atoms with Crippen molar-refractivity contribution in [1.29, 1.82) is 0 Å². The standard InChI is InChI=1S/C36H42O11/c37-15-13-29-31(45-23-19-41)9-11-33(35(29)25-1-5-27(6-2-25)43-21-17-39)47-34-12-10-32(46-24-20-42)30(14-16-38)36(34)26-3-7-28(8-4-26)44-22-18-40/h1-12,37-42H,13-24H2. The number of ether oxygens (including phenoxy) is 5. The first-order chi connectivity index (χ1) is 23.1. The third-order valence-corrected chi connectivity index (χ3v) is 7.11. The van der Waals surface area contributed by atoms with Crippen molar-refractivity contribution in [2.75, 3.05) is 66.1 Å². The van der Waals surface area contributed by atoms with E-state index in [4.69, 9.17) is 33.9 Å². The van der Waals surface area contributed by atoms with Crippen molar-refractivity contribution in [2.45, 2.75) is 12.8 Å². The van der Waals surface area contributed by atoms with E-state index in [1.807, 2.05) is 24.3 Å². The second-order valence-corrected chi connectivity index (χ2v) is 10.2. The van der Waals surface area contributed by atoms with Gasteiger partial charge in [-0.15, -0.1) is 0 Å². The second-order valence-electron chi connectivity index (χ2n) is 10.2. The zero-order valence-corrected chi connectivity index (χ0v) is 26.1. The average Bonchev–Trinajstić information content (AvgIpc) is 3.10. The van der Waals surface area contributed by atoms with Crippen molar-refractivity contribution in [1.82, 2.24) is 0 Å². The van der Waals surface area contributed by atoms with E-state index in [-0.39, 0.29) is 78.9 Å². The second kappa shape index (κ2) is 18.7. The molecule has 4 aromatic carbocycles. The number of hydrogen-bond acceptors (Lipinski definition) is 11. The summed E-state index contributed by atoms with van der Waals surface area (Å²) in [6, 6.07) is 21.5. The number of rotatable bonds is 20. The van der Waals surface area contributed by atoms with E-state index in [9.17, 15) is 20.4 Å². The average molecular weight is 651 g/mol. The molecule has 0 aliphatic heterocycles. The zero-order chi connectivity index (χ0) is 33.4. The van der Waals surface area contributed by atoms with Crippen LogP contribution in [0.25, 0.3) is 22.3 Å². The predicted octanol–water partition coefficient (Wildman–Crippen LogP) is 3.37. The summed E-state index contributed by atoms with van der Waals surface area (Å²) >= 11 is 0. The molecule has 0 unspecified atom stereocenters. The molecule has 0 saturated heterocycles. The van der Waals surface area contributed by atoms with Crippen LogP contribution in [-0.2, 0) is 12.8 Å². The molecule has 0 aliphatic rings. The van der Waals surface area contributed by atoms with Crippen molar-refractivity contribution >= 4 is 0 Å². The van der Waals surface area contributed by atoms with Crippen molar-refractivity contribution in [2.24, 2.45) is 0 Å². The third kappa shape index (κ3) is 9.35. The molecule has 0 amide bonds. The molecule has 0 atom stereocenters. The summed E-state index contributed by atoms with van der Waals surface area (Å²) in [5.41, 5.74) is 4.16. The highest BCUT2D eigenvalue weighted by atomic mass is 16.5. The Balaban J connectivity index is 1.90. The van der Waals surface area contributed by atoms with Crippen LogP contribution in [0.5, 0.6) is 34.5 Å². The first kappa shape index (κ1) is 35.5. The highest BCUT2D eigenvalue weighted by molar-refractivity contribution is 5.81. The molecule has 4 rings (SSSR count). The van der Waals surface area contributed by atoms with Gasteiger partial charge in [-0.3, -0.25) is 0 Å². The summed E-state index contributed by atoms with van der Waals surface area (Å²) in [5.74, 6) is 3.03. The minimum Gasteiger partial charge on any atom is -0.491 e. The molecule has 0 heterocycles. The van der Waals surface area contributed by atoms with Gasteiger partial charge in [0.15, 0.2) is 0 Å². The number of benzene rings is 4. The summed E-state index contributed by atoms with van der Waals surface area (Å²) in [4.78, 5) is 0. The van der Waals surface area contributed by atoms with Crippen LogP contribution in [0.3, 0.4) is 0 Å². The van der Waals surface area contributed by atoms with Gasteiger partial charge in [0.25, 0.3) is 0 Å². The molecular formula is C36H42O11. The molecule has 0 spiro atoms. The monoisotopic (exact) mass is 650 g/mol. The molecule has 11 heteroatoms. The fraction of sp³-hybridized carbons (Fsp3) is 0.333. The van der Waals surface area contributed by atoms with Gasteiger partial charge in [-0.25, -0.2) is 0 Å². The Hall–Kier alpha value is -4.36. The quantitative estimate of drug-likeness (QED) is 0.0830. The lowest BCUT2D eigenvalue weighted by atomic mass is 9.94. The molecule has 0 aliphatic carbocycles. The van der Waals surface area contributed by atoms with Crippen LogP contribution in [0.1, 0.15) is 11.1 Å². The van der Waals surface area contributed by atoms with Gasteiger partial charge >= 0.3 is 0 Å². The van der Waals surface area contributed by atoms with Gasteiger partial charge in [0.2, 0.25) is 0 Å². The van der Waals surface area contributed by atoms with Crippen LogP contribution in [0.2, 0.25) is 0 Å². The SMILES string of the molecule is OCCOc1ccc(-c2c(Oc3ccc(OCCO)c(CCO)c3-c3ccc(OCCO)cc3)ccc(OCCO)c2CCO)cc1. The summed E-state index contributed by atoms with van der Waals surface area (Å²) in [6.07, 6.45) is 0.476. The first-order valence-electron chi connectivity index (χ1n) is 15.4. The molecule has 0 saturated carbocycles. The lowest BCUT2D eigenvalue weighted by Gasteiger charge is -2.23. The number of hydrogen-bond donors (Lipinski definition) is 6. The van der Waals surface area contributed by atoms with Crippen molar-refractivity contribution < 1.29 is 54.3 Å². The van der Waals surface area contributed by atoms with Crippen LogP contribution >= 0.6 is 0 Å². The Morgan fingerprint density at radius 3 is 1.04 bits per heavy atom. The number of aliphatic hydroxyl groups is 6. The molecule has 0 aromatic heterocycles. The molecule has 4 aromatic rings. The summed E-state index contributed by atoms with van der Waals surface area (Å²) in [6.45, 7) is -0.515. The van der Waals surface area contributed by atoms with Crippen LogP contribution < -0.4 is 23.7 Å². The molecular weight excluding hydrogens is 608 g/mol. The van der Waals surface area contributed by atoms with E-state index >= 15 is 0 Å². The van der Waals surface area contributed by atoms with E-state index in [0.717, 1.165) is 11.1 Å². The first-order valence-corrected chi connectivity index (χ1v) is 15.4. The maximum atomic E-state index is 10.1. The number of aliphatic hydroxyl groups excluding tert-OH is 6. The molecule has 252 valence electrons. The largest absolute Gasteiger partial charge is 0.491 e. The van der Waals surface area contributed by atoms with Gasteiger partial charge < -0.3 is 54.3 Å². The normalized spacial score (nSPS) is 10.9. The fourth-order valence-electron chi connectivity index (χ4n) is 5.20. The smallest absolute Gasteiger partial charge is 0.135 e. The fourth-order valence-corrected chi connectivity index (χ4v) is 5.20. The van der Waals surface area contributed by atoms with E-state index in [0.29, 0.717) is 56.8 Å². The van der Waals surface area contributed by atoms with Gasteiger partial charge in [0, 0.05) is 35.5 Å². The minimum atomic E-state index is -0.186. The summed E-state index contributed by atoms with van der Waals surface area (Å²) in [5, 5.41) is 57.3. The molecule has 0 bridgehead atoms. The minimum absolute atomic E-state index is 0.0635. The van der Waals surface area contributed by atoms with Gasteiger partial charge in [-0.05, 0) is 72.5 Å². The molecule has 0 fully saturated rings. The van der Waals surface area contributed by atoms with Crippen LogP contribution in [0.15, 0.2) is 72.8 Å². The predicted molar refractivity (Wildman–Crippen MR) is 176 cm³/mol. The van der Waals surface area contributed by atoms with Gasteiger partial charge in [-0.1, -0.05) is 24.3 Å². The van der Waals surface area contributed by atoms with Gasteiger partial charge in [0.05, 0.1) is 26.4 Å². The van der Waals surface area contributed by atoms with E-state index in [2.05, 4.69) is 0 Å². The van der Waals surface area contributed by atoms with Crippen LogP contribution in [0.4, 0.5) is 0 Å². The zero-order valence-electron chi connectivity index (χ0n) is 26.1. The lowest BCUT2D eigenvalue weighted by Crippen LogP contribution is -2.08. The van der Waals surface area contributed by atoms with E-state index in [1.54, 1.807) is 48.5 Å². The maximum absolute atomic E-state index is 10.1. The highest BCUT2D eigenvalue weighted by Gasteiger charge is 2.22. The van der Waals surface area contributed by atoms with Gasteiger partial charge in [-0.2, -0.15) is 0 Å². The Labute approximate surface area is 273 Å². The maximum Gasteiger partial charge on any atom is 0.135 e. The van der Waals surface area contributed by atoms with E-state index < -0.39 is 0 Å². The Morgan fingerprint density at radius 1 is 0.362 bits per heavy atom. The van der Waals surface area contributed by atoms with Crippen LogP contribution in [-0.4, -0.2) is 96.7 Å². The Bertz CT molecular complexity index is 1410. The summed E-state index contributed by atoms with van der Waals surface area (Å²) in [7, 11) is 0. The third-order valence-electron chi connectivity index (χ3n) is 7.11. The highest BCUT2D eigenvalue weighted by Crippen LogP contribution is 2.46. The van der Waals surface area contributed by atoms with Crippen molar-refractivity contribution in [3.63, 3.8) is 0 Å². The van der Waals surface area contributed by atoms with Gasteiger partial charge in [0.1, 0.15) is 60.9 Å². The molecule has 6 N–H and O–H groups in total. The Kier molecular flexibility index (Phi) is 14.1. The molecule has 11 nitrogen and oxygen atoms in total. The van der Waals surface area contributed by atoms with Crippen LogP contribution in [0, 0.1) is 0 Å². The molecule has 47 heavy (non-hydrogen) atoms. The lowest BCUT2D eigenvalue weighted by molar-refractivity contribution is 0.199. The van der Waals surface area contributed by atoms with E-state index in [1.165, 1.54) is 0 Å². The topological polar surface area (TPSA) is 168 Å². The Morgan fingerprint density at radius 2 is 0.702 bits per heavy atom. The van der Waals surface area contributed by atoms with Crippen molar-refractivity contribution in [3.05, 3.63) is 83.9 Å². The molecule has 0 radical (unpaired) electrons. The summed E-state index contributed by atoms with van der Waals surface area (Å²) < 4.78 is 29.6. The van der Waals surface area contributed by atoms with Crippen molar-refractivity contribution in [3.8, 4) is 56.8 Å².